The van der Waals surface area contributed by atoms with E-state index in [0.29, 0.717) is 34.0 Å². The van der Waals surface area contributed by atoms with Crippen molar-refractivity contribution in [1.29, 1.82) is 0 Å². The van der Waals surface area contributed by atoms with Gasteiger partial charge in [-0.25, -0.2) is 9.97 Å². The highest BCUT2D eigenvalue weighted by Gasteiger charge is 2.23. The lowest BCUT2D eigenvalue weighted by Gasteiger charge is -2.32. The van der Waals surface area contributed by atoms with Crippen molar-refractivity contribution >= 4 is 45.1 Å². The number of benzene rings is 1. The summed E-state index contributed by atoms with van der Waals surface area (Å²) in [5.74, 6) is 1.34. The average Bonchev–Trinajstić information content (AvgIpc) is 2.83. The van der Waals surface area contributed by atoms with Crippen molar-refractivity contribution < 1.29 is 14.3 Å². The molecule has 0 N–H and O–H groups in total. The highest BCUT2D eigenvalue weighted by Crippen LogP contribution is 2.33. The fourth-order valence-corrected chi connectivity index (χ4v) is 4.95. The largest absolute Gasteiger partial charge is 0.469 e. The molecule has 184 valence electrons. The molecule has 9 heteroatoms. The lowest BCUT2D eigenvalue weighted by Crippen LogP contribution is -2.34. The van der Waals surface area contributed by atoms with Gasteiger partial charge in [0.15, 0.2) is 0 Å². The van der Waals surface area contributed by atoms with Gasteiger partial charge < -0.3 is 9.47 Å². The van der Waals surface area contributed by atoms with Gasteiger partial charge in [0.05, 0.1) is 19.0 Å². The summed E-state index contributed by atoms with van der Waals surface area (Å²) >= 11 is 15.9. The number of methoxy groups -OCH3 is 1. The Morgan fingerprint density at radius 1 is 1.14 bits per heavy atom. The van der Waals surface area contributed by atoms with Gasteiger partial charge in [-0.1, -0.05) is 23.2 Å². The third-order valence-corrected chi connectivity index (χ3v) is 7.10. The molecule has 1 aliphatic heterocycles. The molecule has 0 atom stereocenters. The van der Waals surface area contributed by atoms with Crippen molar-refractivity contribution in [1.82, 2.24) is 14.9 Å². The molecular weight excluding hydrogens is 553 g/mol. The molecule has 0 spiro atoms. The molecule has 0 amide bonds. The maximum Gasteiger partial charge on any atom is 0.305 e. The molecule has 0 saturated carbocycles. The van der Waals surface area contributed by atoms with Crippen molar-refractivity contribution in [3.8, 4) is 22.9 Å². The number of nitrogens with zero attached hydrogens (tertiary/aromatic N) is 3. The number of likely N-dealkylation sites (tertiary alicyclic amines) is 1. The van der Waals surface area contributed by atoms with E-state index >= 15 is 0 Å². The molecule has 6 nitrogen and oxygen atoms in total. The maximum absolute atomic E-state index is 11.6. The molecule has 4 rings (SSSR count). The van der Waals surface area contributed by atoms with Crippen LogP contribution in [0.2, 0.25) is 10.0 Å². The number of carbonyl (C=O) groups is 1. The lowest BCUT2D eigenvalue weighted by molar-refractivity contribution is -0.142. The Bertz CT molecular complexity index is 1180. The number of rotatable bonds is 7. The molecule has 3 heterocycles. The number of aromatic nitrogens is 2. The molecule has 1 fully saturated rings. The zero-order valence-corrected chi connectivity index (χ0v) is 22.7. The number of halogens is 3. The smallest absolute Gasteiger partial charge is 0.305 e. The number of carbonyl (C=O) groups excluding carboxylic acids is 1. The Balaban J connectivity index is 1.61. The van der Waals surface area contributed by atoms with Gasteiger partial charge in [-0.2, -0.15) is 0 Å². The summed E-state index contributed by atoms with van der Waals surface area (Å²) in [7, 11) is 1.44. The van der Waals surface area contributed by atoms with Crippen LogP contribution in [0.25, 0.3) is 11.3 Å². The van der Waals surface area contributed by atoms with E-state index in [1.807, 2.05) is 31.2 Å². The molecule has 1 saturated heterocycles. The van der Waals surface area contributed by atoms with E-state index in [1.54, 1.807) is 12.3 Å². The summed E-state index contributed by atoms with van der Waals surface area (Å²) in [5, 5.41) is 1.09. The van der Waals surface area contributed by atoms with Crippen LogP contribution >= 0.6 is 39.1 Å². The summed E-state index contributed by atoms with van der Waals surface area (Å²) in [6.07, 6.45) is 4.06. The minimum atomic E-state index is -0.137. The van der Waals surface area contributed by atoms with Gasteiger partial charge in [-0.15, -0.1) is 0 Å². The van der Waals surface area contributed by atoms with E-state index in [9.17, 15) is 4.79 Å². The van der Waals surface area contributed by atoms with Crippen LogP contribution < -0.4 is 4.74 Å². The first kappa shape index (κ1) is 25.9. The Hall–Kier alpha value is -2.19. The standard InChI is InChI=1S/C26H26BrCl2N3O3/c1-16-19(15-32-7-5-17(6-8-32)9-25(33)34-2)12-23(18-10-20(28)13-21(29)11-18)31-26(16)35-22-3-4-24(27)30-14-22/h3-4,10-14,17H,5-9,15H2,1-2H3. The summed E-state index contributed by atoms with van der Waals surface area (Å²) in [6, 6.07) is 11.1. The van der Waals surface area contributed by atoms with Crippen molar-refractivity contribution in [2.75, 3.05) is 20.2 Å². The Labute approximate surface area is 223 Å². The van der Waals surface area contributed by atoms with Crippen LogP contribution in [-0.4, -0.2) is 41.0 Å². The van der Waals surface area contributed by atoms with Gasteiger partial charge in [0.2, 0.25) is 5.88 Å². The number of pyridine rings is 2. The second-order valence-corrected chi connectivity index (χ2v) is 10.4. The average molecular weight is 579 g/mol. The van der Waals surface area contributed by atoms with Crippen molar-refractivity contribution in [2.45, 2.75) is 32.7 Å². The SMILES string of the molecule is COC(=O)CC1CCN(Cc2cc(-c3cc(Cl)cc(Cl)c3)nc(Oc3ccc(Br)nc3)c2C)CC1. The van der Waals surface area contributed by atoms with Crippen LogP contribution in [0.5, 0.6) is 11.6 Å². The first-order valence-corrected chi connectivity index (χ1v) is 12.9. The predicted molar refractivity (Wildman–Crippen MR) is 141 cm³/mol. The lowest BCUT2D eigenvalue weighted by atomic mass is 9.93. The summed E-state index contributed by atoms with van der Waals surface area (Å²) in [5.41, 5.74) is 3.62. The second-order valence-electron chi connectivity index (χ2n) is 8.67. The van der Waals surface area contributed by atoms with E-state index in [2.05, 4.69) is 31.9 Å². The monoisotopic (exact) mass is 577 g/mol. The maximum atomic E-state index is 11.6. The van der Waals surface area contributed by atoms with Crippen LogP contribution in [0.1, 0.15) is 30.4 Å². The van der Waals surface area contributed by atoms with Gasteiger partial charge in [0.1, 0.15) is 10.4 Å². The zero-order valence-electron chi connectivity index (χ0n) is 19.6. The third-order valence-electron chi connectivity index (χ3n) is 6.19. The normalized spacial score (nSPS) is 14.7. The van der Waals surface area contributed by atoms with Crippen molar-refractivity contribution in [2.24, 2.45) is 5.92 Å². The number of ether oxygens (including phenoxy) is 2. The third kappa shape index (κ3) is 6.94. The Morgan fingerprint density at radius 3 is 2.49 bits per heavy atom. The van der Waals surface area contributed by atoms with E-state index in [0.717, 1.165) is 59.5 Å². The topological polar surface area (TPSA) is 64.5 Å². The van der Waals surface area contributed by atoms with E-state index in [-0.39, 0.29) is 5.97 Å². The van der Waals surface area contributed by atoms with Gasteiger partial charge in [0, 0.05) is 34.1 Å². The second kappa shape index (κ2) is 11.7. The molecule has 0 bridgehead atoms. The van der Waals surface area contributed by atoms with Crippen LogP contribution in [0.15, 0.2) is 47.2 Å². The predicted octanol–water partition coefficient (Wildman–Crippen LogP) is 7.09. The minimum Gasteiger partial charge on any atom is -0.469 e. The van der Waals surface area contributed by atoms with E-state index in [1.165, 1.54) is 7.11 Å². The van der Waals surface area contributed by atoms with Gasteiger partial charge in [-0.3, -0.25) is 9.69 Å². The Kier molecular flexibility index (Phi) is 8.65. The summed E-state index contributed by atoms with van der Waals surface area (Å²) in [6.45, 7) is 4.58. The highest BCUT2D eigenvalue weighted by atomic mass is 79.9. The zero-order chi connectivity index (χ0) is 24.9. The van der Waals surface area contributed by atoms with Crippen LogP contribution in [0, 0.1) is 12.8 Å². The van der Waals surface area contributed by atoms with Crippen molar-refractivity contribution in [3.63, 3.8) is 0 Å². The molecule has 3 aromatic rings. The molecule has 1 aromatic carbocycles. The molecule has 0 aliphatic carbocycles. The number of hydrogen-bond acceptors (Lipinski definition) is 6. The first-order chi connectivity index (χ1) is 16.8. The fourth-order valence-electron chi connectivity index (χ4n) is 4.19. The van der Waals surface area contributed by atoms with Crippen molar-refractivity contribution in [3.05, 3.63) is 68.4 Å². The molecule has 35 heavy (non-hydrogen) atoms. The van der Waals surface area contributed by atoms with E-state index < -0.39 is 0 Å². The molecular formula is C26H26BrCl2N3O3. The molecule has 2 aromatic heterocycles. The summed E-state index contributed by atoms with van der Waals surface area (Å²) < 4.78 is 11.7. The Morgan fingerprint density at radius 2 is 1.86 bits per heavy atom. The summed E-state index contributed by atoms with van der Waals surface area (Å²) in [4.78, 5) is 23.1. The van der Waals surface area contributed by atoms with E-state index in [4.69, 9.17) is 37.7 Å². The van der Waals surface area contributed by atoms with Crippen LogP contribution in [-0.2, 0) is 16.1 Å². The molecule has 0 unspecified atom stereocenters. The fraction of sp³-hybridized carbons (Fsp3) is 0.346. The number of piperidine rings is 1. The first-order valence-electron chi connectivity index (χ1n) is 11.4. The highest BCUT2D eigenvalue weighted by molar-refractivity contribution is 9.10. The van der Waals surface area contributed by atoms with Crippen LogP contribution in [0.3, 0.4) is 0 Å². The van der Waals surface area contributed by atoms with Gasteiger partial charge in [0.25, 0.3) is 0 Å². The molecule has 0 radical (unpaired) electrons. The molecule has 1 aliphatic rings. The van der Waals surface area contributed by atoms with Crippen LogP contribution in [0.4, 0.5) is 0 Å². The van der Waals surface area contributed by atoms with Gasteiger partial charge in [-0.05, 0) is 96.7 Å². The number of hydrogen-bond donors (Lipinski definition) is 0. The minimum absolute atomic E-state index is 0.137. The number of esters is 1. The van der Waals surface area contributed by atoms with Gasteiger partial charge >= 0.3 is 5.97 Å². The quantitative estimate of drug-likeness (QED) is 0.220.